The van der Waals surface area contributed by atoms with Crippen molar-refractivity contribution in [2.45, 2.75) is 65.6 Å². The zero-order valence-electron chi connectivity index (χ0n) is 15.8. The lowest BCUT2D eigenvalue weighted by atomic mass is 10.0. The van der Waals surface area contributed by atoms with Gasteiger partial charge in [0.25, 0.3) is 0 Å². The van der Waals surface area contributed by atoms with Crippen LogP contribution in [0.1, 0.15) is 53.4 Å². The Hall–Kier alpha value is -0.820. The first-order chi connectivity index (χ1) is 11.4. The van der Waals surface area contributed by atoms with Crippen LogP contribution in [0.4, 0.5) is 0 Å². The second-order valence-electron chi connectivity index (χ2n) is 6.26. The first kappa shape index (κ1) is 23.2. The molecule has 6 heteroatoms. The minimum absolute atomic E-state index is 0.0891. The van der Waals surface area contributed by atoms with E-state index in [0.717, 1.165) is 26.2 Å². The van der Waals surface area contributed by atoms with Gasteiger partial charge in [0.15, 0.2) is 0 Å². The maximum Gasteiger partial charge on any atom is 0.135 e. The summed E-state index contributed by atoms with van der Waals surface area (Å²) in [7, 11) is 0. The monoisotopic (exact) mass is 344 g/mol. The van der Waals surface area contributed by atoms with E-state index in [4.69, 9.17) is 0 Å². The van der Waals surface area contributed by atoms with Gasteiger partial charge in [0.1, 0.15) is 11.6 Å². The molecule has 0 aromatic carbocycles. The highest BCUT2D eigenvalue weighted by atomic mass is 16.3. The largest absolute Gasteiger partial charge is 0.391 e. The highest BCUT2D eigenvalue weighted by Crippen LogP contribution is 2.06. The fraction of sp³-hybridized carbons (Fsp3) is 0.889. The van der Waals surface area contributed by atoms with Gasteiger partial charge in [-0.2, -0.15) is 0 Å². The second kappa shape index (κ2) is 13.5. The number of aliphatic hydroxyl groups is 2. The zero-order chi connectivity index (χ0) is 18.5. The average Bonchev–Trinajstić information content (AvgIpc) is 2.55. The van der Waals surface area contributed by atoms with E-state index in [2.05, 4.69) is 9.80 Å². The van der Waals surface area contributed by atoms with Crippen molar-refractivity contribution in [2.24, 2.45) is 0 Å². The maximum absolute atomic E-state index is 11.9. The summed E-state index contributed by atoms with van der Waals surface area (Å²) in [5.41, 5.74) is 0. The summed E-state index contributed by atoms with van der Waals surface area (Å²) < 4.78 is 0. The lowest BCUT2D eigenvalue weighted by molar-refractivity contribution is -0.126. The molecule has 0 heterocycles. The van der Waals surface area contributed by atoms with Crippen molar-refractivity contribution in [1.29, 1.82) is 0 Å². The Balaban J connectivity index is 4.02. The fourth-order valence-electron chi connectivity index (χ4n) is 2.70. The Morgan fingerprint density at radius 1 is 0.708 bits per heavy atom. The number of hydrogen-bond donors (Lipinski definition) is 2. The van der Waals surface area contributed by atoms with E-state index in [-0.39, 0.29) is 37.2 Å². The van der Waals surface area contributed by atoms with Gasteiger partial charge < -0.3 is 20.0 Å². The summed E-state index contributed by atoms with van der Waals surface area (Å²) in [5, 5.41) is 19.8. The summed E-state index contributed by atoms with van der Waals surface area (Å²) in [6, 6.07) is 0. The topological polar surface area (TPSA) is 81.1 Å². The highest BCUT2D eigenvalue weighted by molar-refractivity contribution is 5.86. The molecule has 0 aromatic rings. The van der Waals surface area contributed by atoms with E-state index in [1.54, 1.807) is 0 Å². The number of likely N-dealkylation sites (N-methyl/N-ethyl adjacent to an activating group) is 2. The molecule has 2 N–H and O–H groups in total. The van der Waals surface area contributed by atoms with Gasteiger partial charge in [0, 0.05) is 38.8 Å². The van der Waals surface area contributed by atoms with Crippen molar-refractivity contribution in [3.8, 4) is 0 Å². The Labute approximate surface area is 146 Å². The van der Waals surface area contributed by atoms with Gasteiger partial charge in [-0.3, -0.25) is 9.59 Å². The summed E-state index contributed by atoms with van der Waals surface area (Å²) >= 11 is 0. The molecule has 0 aliphatic rings. The van der Waals surface area contributed by atoms with Crippen molar-refractivity contribution in [2.75, 3.05) is 39.3 Å². The number of Topliss-reactive ketones (excluding diaryl/α,β-unsaturated/α-hetero) is 2. The minimum atomic E-state index is -0.680. The molecule has 142 valence electrons. The van der Waals surface area contributed by atoms with Gasteiger partial charge in [-0.05, 0) is 26.2 Å². The summed E-state index contributed by atoms with van der Waals surface area (Å²) in [5.74, 6) is -0.192. The maximum atomic E-state index is 11.9. The van der Waals surface area contributed by atoms with Crippen LogP contribution in [0.3, 0.4) is 0 Å². The van der Waals surface area contributed by atoms with Crippen LogP contribution in [-0.2, 0) is 9.59 Å². The number of rotatable bonds is 15. The number of nitrogens with zero attached hydrogens (tertiary/aromatic N) is 2. The predicted molar refractivity (Wildman–Crippen MR) is 96.1 cm³/mol. The van der Waals surface area contributed by atoms with Crippen LogP contribution in [0, 0.1) is 0 Å². The highest BCUT2D eigenvalue weighted by Gasteiger charge is 2.17. The van der Waals surface area contributed by atoms with Crippen molar-refractivity contribution in [3.63, 3.8) is 0 Å². The van der Waals surface area contributed by atoms with Crippen LogP contribution in [-0.4, -0.2) is 83.1 Å². The van der Waals surface area contributed by atoms with E-state index in [1.807, 2.05) is 27.7 Å². The van der Waals surface area contributed by atoms with Crippen molar-refractivity contribution >= 4 is 11.6 Å². The third-order valence-electron chi connectivity index (χ3n) is 4.34. The first-order valence-corrected chi connectivity index (χ1v) is 9.20. The Kier molecular flexibility index (Phi) is 13.0. The molecule has 0 saturated heterocycles. The van der Waals surface area contributed by atoms with Crippen molar-refractivity contribution in [3.05, 3.63) is 0 Å². The van der Waals surface area contributed by atoms with Crippen LogP contribution in [0.25, 0.3) is 0 Å². The molecular weight excluding hydrogens is 308 g/mol. The van der Waals surface area contributed by atoms with Gasteiger partial charge in [-0.25, -0.2) is 0 Å². The summed E-state index contributed by atoms with van der Waals surface area (Å²) in [4.78, 5) is 27.9. The quantitative estimate of drug-likeness (QED) is 0.463. The number of carbonyl (C=O) groups is 2. The molecule has 2 atom stereocenters. The zero-order valence-corrected chi connectivity index (χ0v) is 15.8. The molecule has 2 unspecified atom stereocenters. The molecule has 6 nitrogen and oxygen atoms in total. The number of ketones is 2. The Morgan fingerprint density at radius 3 is 1.25 bits per heavy atom. The van der Waals surface area contributed by atoms with E-state index in [0.29, 0.717) is 13.1 Å². The smallest absolute Gasteiger partial charge is 0.135 e. The molecule has 0 aliphatic carbocycles. The summed E-state index contributed by atoms with van der Waals surface area (Å²) in [6.45, 7) is 12.4. The van der Waals surface area contributed by atoms with E-state index in [1.165, 1.54) is 0 Å². The summed E-state index contributed by atoms with van der Waals surface area (Å²) in [6.07, 6.45) is -0.892. The van der Waals surface area contributed by atoms with Gasteiger partial charge in [0.2, 0.25) is 0 Å². The molecular formula is C18H36N2O4. The van der Waals surface area contributed by atoms with E-state index >= 15 is 0 Å². The number of carbonyl (C=O) groups excluding carboxylic acids is 2. The van der Waals surface area contributed by atoms with Gasteiger partial charge >= 0.3 is 0 Å². The third-order valence-corrected chi connectivity index (χ3v) is 4.34. The normalized spacial score (nSPS) is 14.2. The predicted octanol–water partition coefficient (Wildman–Crippen LogP) is 1.09. The van der Waals surface area contributed by atoms with Gasteiger partial charge in [-0.15, -0.1) is 0 Å². The second-order valence-corrected chi connectivity index (χ2v) is 6.26. The Morgan fingerprint density at radius 2 is 1.00 bits per heavy atom. The molecule has 24 heavy (non-hydrogen) atoms. The van der Waals surface area contributed by atoms with Crippen LogP contribution in [0.15, 0.2) is 0 Å². The molecule has 0 amide bonds. The molecule has 0 radical (unpaired) electrons. The van der Waals surface area contributed by atoms with Gasteiger partial charge in [-0.1, -0.05) is 27.7 Å². The van der Waals surface area contributed by atoms with Crippen LogP contribution in [0.5, 0.6) is 0 Å². The SMILES string of the molecule is CCN(CC)CC(O)CC(=O)CCC(=O)CC(O)CN(CC)CC. The Bertz CT molecular complexity index is 321. The average molecular weight is 344 g/mol. The van der Waals surface area contributed by atoms with Crippen LogP contribution in [0.2, 0.25) is 0 Å². The lowest BCUT2D eigenvalue weighted by Gasteiger charge is -2.21. The van der Waals surface area contributed by atoms with E-state index in [9.17, 15) is 19.8 Å². The standard InChI is InChI=1S/C18H36N2O4/c1-5-19(6-2)13-17(23)11-15(21)9-10-16(22)12-18(24)14-20(7-3)8-4/h17-18,23-24H,5-14H2,1-4H3. The van der Waals surface area contributed by atoms with Crippen LogP contribution < -0.4 is 0 Å². The minimum Gasteiger partial charge on any atom is -0.391 e. The molecule has 0 saturated carbocycles. The number of hydrogen-bond acceptors (Lipinski definition) is 6. The molecule has 0 rings (SSSR count). The van der Waals surface area contributed by atoms with E-state index < -0.39 is 12.2 Å². The molecule has 0 spiro atoms. The fourth-order valence-corrected chi connectivity index (χ4v) is 2.70. The van der Waals surface area contributed by atoms with Crippen LogP contribution >= 0.6 is 0 Å². The van der Waals surface area contributed by atoms with Gasteiger partial charge in [0.05, 0.1) is 12.2 Å². The first-order valence-electron chi connectivity index (χ1n) is 9.20. The molecule has 0 bridgehead atoms. The molecule has 0 aliphatic heterocycles. The molecule has 0 fully saturated rings. The van der Waals surface area contributed by atoms with Crippen molar-refractivity contribution in [1.82, 2.24) is 9.80 Å². The lowest BCUT2D eigenvalue weighted by Crippen LogP contribution is -2.34. The third kappa shape index (κ3) is 10.9. The van der Waals surface area contributed by atoms with Crippen molar-refractivity contribution < 1.29 is 19.8 Å². The number of aliphatic hydroxyl groups excluding tert-OH is 2. The molecule has 0 aromatic heterocycles.